The second-order valence-corrected chi connectivity index (χ2v) is 9.07. The zero-order valence-corrected chi connectivity index (χ0v) is 22.7. The summed E-state index contributed by atoms with van der Waals surface area (Å²) in [5, 5.41) is 13.6. The van der Waals surface area contributed by atoms with Gasteiger partial charge in [-0.05, 0) is 65.7 Å². The van der Waals surface area contributed by atoms with Gasteiger partial charge in [0.15, 0.2) is 11.5 Å². The van der Waals surface area contributed by atoms with Crippen LogP contribution in [0.3, 0.4) is 0 Å². The van der Waals surface area contributed by atoms with Crippen molar-refractivity contribution in [2.24, 2.45) is 5.73 Å². The molecule has 1 amide bonds. The van der Waals surface area contributed by atoms with Gasteiger partial charge in [-0.25, -0.2) is 0 Å². The third-order valence-electron chi connectivity index (χ3n) is 6.14. The summed E-state index contributed by atoms with van der Waals surface area (Å²) in [6.45, 7) is 1.69. The second kappa shape index (κ2) is 13.1. The minimum absolute atomic E-state index is 0.101. The number of nitrogen functional groups attached to an aromatic ring is 1. The molecule has 10 heteroatoms. The summed E-state index contributed by atoms with van der Waals surface area (Å²) >= 11 is 0. The van der Waals surface area contributed by atoms with Gasteiger partial charge in [0, 0.05) is 42.7 Å². The lowest BCUT2D eigenvalue weighted by Crippen LogP contribution is -2.52. The van der Waals surface area contributed by atoms with Gasteiger partial charge in [0.1, 0.15) is 12.4 Å². The Bertz CT molecular complexity index is 1500. The molecule has 1 atom stereocenters. The van der Waals surface area contributed by atoms with Gasteiger partial charge in [-0.15, -0.1) is 0 Å². The Morgan fingerprint density at radius 1 is 0.927 bits per heavy atom. The van der Waals surface area contributed by atoms with Crippen molar-refractivity contribution in [1.82, 2.24) is 10.3 Å². The predicted octanol–water partition coefficient (Wildman–Crippen LogP) is 4.10. The topological polar surface area (TPSA) is 149 Å². The number of carbonyl (C=O) groups excluding carboxylic acids is 2. The number of nitrogens with one attached hydrogen (secondary N) is 3. The van der Waals surface area contributed by atoms with Crippen LogP contribution in [0.2, 0.25) is 0 Å². The normalized spacial score (nSPS) is 12.0. The Morgan fingerprint density at radius 3 is 2.27 bits per heavy atom. The van der Waals surface area contributed by atoms with E-state index in [2.05, 4.69) is 15.6 Å². The predicted molar refractivity (Wildman–Crippen MR) is 154 cm³/mol. The van der Waals surface area contributed by atoms with Gasteiger partial charge in [0.05, 0.1) is 7.11 Å². The van der Waals surface area contributed by atoms with Crippen molar-refractivity contribution in [3.63, 3.8) is 0 Å². The van der Waals surface area contributed by atoms with E-state index in [9.17, 15) is 9.59 Å². The number of nitrogens with zero attached hydrogens (tertiary/aromatic N) is 1. The van der Waals surface area contributed by atoms with Crippen LogP contribution in [0.1, 0.15) is 29.2 Å². The summed E-state index contributed by atoms with van der Waals surface area (Å²) < 4.78 is 17.4. The van der Waals surface area contributed by atoms with E-state index < -0.39 is 17.6 Å². The number of amidine groups is 1. The molecule has 41 heavy (non-hydrogen) atoms. The fourth-order valence-corrected chi connectivity index (χ4v) is 4.09. The molecule has 0 saturated heterocycles. The molecular weight excluding hydrogens is 522 g/mol. The van der Waals surface area contributed by atoms with Crippen LogP contribution in [0.4, 0.5) is 5.69 Å². The van der Waals surface area contributed by atoms with Gasteiger partial charge < -0.3 is 30.6 Å². The number of hydrogen-bond acceptors (Lipinski definition) is 8. The summed E-state index contributed by atoms with van der Waals surface area (Å²) in [7, 11) is 1.48. The Labute approximate surface area is 238 Å². The molecule has 0 aliphatic rings. The van der Waals surface area contributed by atoms with Crippen LogP contribution in [0.5, 0.6) is 11.5 Å². The van der Waals surface area contributed by atoms with E-state index in [4.69, 9.17) is 25.4 Å². The molecule has 1 heterocycles. The molecular formula is C31H31N5O5. The van der Waals surface area contributed by atoms with Crippen LogP contribution in [0.15, 0.2) is 97.3 Å². The Hall–Kier alpha value is -5.38. The molecule has 3 aromatic carbocycles. The summed E-state index contributed by atoms with van der Waals surface area (Å²) in [4.78, 5) is 30.5. The van der Waals surface area contributed by atoms with Crippen molar-refractivity contribution in [2.45, 2.75) is 25.8 Å². The number of hydrogen-bond donors (Lipinski definition) is 4. The number of methoxy groups -OCH3 is 1. The first-order valence-corrected chi connectivity index (χ1v) is 12.8. The number of esters is 1. The lowest BCUT2D eigenvalue weighted by atomic mass is 9.99. The first-order chi connectivity index (χ1) is 19.8. The van der Waals surface area contributed by atoms with Gasteiger partial charge >= 0.3 is 5.97 Å². The molecule has 0 bridgehead atoms. The lowest BCUT2D eigenvalue weighted by molar-refractivity contribution is -0.165. The average Bonchev–Trinajstić information content (AvgIpc) is 2.99. The molecule has 4 aromatic rings. The van der Waals surface area contributed by atoms with Crippen molar-refractivity contribution in [1.29, 1.82) is 5.41 Å². The summed E-state index contributed by atoms with van der Waals surface area (Å²) in [5.41, 5.74) is 6.62. The number of aromatic nitrogens is 1. The SMILES string of the molecule is COc1cc(C(Nc2ccc(C(=N)N)cc2)(OC(C)=O)C(=O)NCc2ccccc2)ccc1OCc1ccncc1. The van der Waals surface area contributed by atoms with Crippen LogP contribution < -0.4 is 25.8 Å². The van der Waals surface area contributed by atoms with Crippen molar-refractivity contribution < 1.29 is 23.8 Å². The molecule has 1 aromatic heterocycles. The maximum absolute atomic E-state index is 14.0. The molecule has 0 radical (unpaired) electrons. The minimum atomic E-state index is -1.99. The Balaban J connectivity index is 1.73. The number of benzene rings is 3. The monoisotopic (exact) mass is 553 g/mol. The molecule has 0 aliphatic heterocycles. The maximum Gasteiger partial charge on any atom is 0.305 e. The van der Waals surface area contributed by atoms with Gasteiger partial charge in [0.2, 0.25) is 0 Å². The number of pyridine rings is 1. The van der Waals surface area contributed by atoms with Crippen molar-refractivity contribution in [3.05, 3.63) is 120 Å². The summed E-state index contributed by atoms with van der Waals surface area (Å²) in [6, 6.07) is 24.4. The number of rotatable bonds is 12. The fraction of sp³-hybridized carbons (Fsp3) is 0.161. The van der Waals surface area contributed by atoms with E-state index in [1.807, 2.05) is 42.5 Å². The number of anilines is 1. The molecule has 5 N–H and O–H groups in total. The summed E-state index contributed by atoms with van der Waals surface area (Å²) in [6.07, 6.45) is 3.35. The van der Waals surface area contributed by atoms with Gasteiger partial charge in [0.25, 0.3) is 11.6 Å². The molecule has 1 unspecified atom stereocenters. The molecule has 4 rings (SSSR count). The number of carbonyl (C=O) groups is 2. The number of amides is 1. The third kappa shape index (κ3) is 7.18. The van der Waals surface area contributed by atoms with Crippen LogP contribution in [0.25, 0.3) is 0 Å². The zero-order chi connectivity index (χ0) is 29.2. The minimum Gasteiger partial charge on any atom is -0.493 e. The highest BCUT2D eigenvalue weighted by Gasteiger charge is 2.45. The molecule has 0 spiro atoms. The first-order valence-electron chi connectivity index (χ1n) is 12.8. The van der Waals surface area contributed by atoms with Crippen molar-refractivity contribution in [2.75, 3.05) is 12.4 Å². The largest absolute Gasteiger partial charge is 0.493 e. The quantitative estimate of drug-likeness (QED) is 0.0887. The zero-order valence-electron chi connectivity index (χ0n) is 22.7. The Morgan fingerprint density at radius 2 is 1.63 bits per heavy atom. The molecule has 210 valence electrons. The lowest BCUT2D eigenvalue weighted by Gasteiger charge is -2.34. The van der Waals surface area contributed by atoms with Crippen LogP contribution in [-0.2, 0) is 33.2 Å². The number of nitrogens with two attached hydrogens (primary N) is 1. The molecule has 0 fully saturated rings. The highest BCUT2D eigenvalue weighted by molar-refractivity contribution is 5.95. The van der Waals surface area contributed by atoms with E-state index in [0.717, 1.165) is 11.1 Å². The van der Waals surface area contributed by atoms with E-state index in [-0.39, 0.29) is 19.0 Å². The van der Waals surface area contributed by atoms with Crippen molar-refractivity contribution >= 4 is 23.4 Å². The van der Waals surface area contributed by atoms with Crippen LogP contribution in [0, 0.1) is 5.41 Å². The third-order valence-corrected chi connectivity index (χ3v) is 6.14. The smallest absolute Gasteiger partial charge is 0.305 e. The van der Waals surface area contributed by atoms with E-state index in [1.165, 1.54) is 14.0 Å². The maximum atomic E-state index is 14.0. The molecule has 0 saturated carbocycles. The van der Waals surface area contributed by atoms with Gasteiger partial charge in [-0.3, -0.25) is 20.0 Å². The number of ether oxygens (including phenoxy) is 3. The van der Waals surface area contributed by atoms with Gasteiger partial charge in [-0.1, -0.05) is 30.3 Å². The van der Waals surface area contributed by atoms with Crippen LogP contribution in [-0.4, -0.2) is 29.8 Å². The van der Waals surface area contributed by atoms with Gasteiger partial charge in [-0.2, -0.15) is 0 Å². The summed E-state index contributed by atoms with van der Waals surface area (Å²) in [5.74, 6) is -0.641. The fourth-order valence-electron chi connectivity index (χ4n) is 4.09. The first kappa shape index (κ1) is 28.6. The van der Waals surface area contributed by atoms with Crippen LogP contribution >= 0.6 is 0 Å². The van der Waals surface area contributed by atoms with E-state index >= 15 is 0 Å². The second-order valence-electron chi connectivity index (χ2n) is 9.07. The molecule has 10 nitrogen and oxygen atoms in total. The molecule has 0 aliphatic carbocycles. The highest BCUT2D eigenvalue weighted by Crippen LogP contribution is 2.36. The highest BCUT2D eigenvalue weighted by atomic mass is 16.6. The van der Waals surface area contributed by atoms with E-state index in [0.29, 0.717) is 28.3 Å². The van der Waals surface area contributed by atoms with Crippen molar-refractivity contribution in [3.8, 4) is 11.5 Å². The Kier molecular flexibility index (Phi) is 9.16. The average molecular weight is 554 g/mol. The standard InChI is InChI=1S/C31H31N5O5/c1-21(37)41-31(30(38)35-19-22-6-4-3-5-7-22,36-26-11-8-24(9-12-26)29(32)33)25-10-13-27(28(18-25)39-2)40-20-23-14-16-34-17-15-23/h3-18,36H,19-20H2,1-2H3,(H3,32,33)(H,35,38). The van der Waals surface area contributed by atoms with E-state index in [1.54, 1.807) is 54.9 Å².